The highest BCUT2D eigenvalue weighted by molar-refractivity contribution is 7.90. The molecular formula is C21H21N3O2S. The maximum atomic E-state index is 13.3. The van der Waals surface area contributed by atoms with Crippen molar-refractivity contribution in [3.05, 3.63) is 65.4 Å². The molecular weight excluding hydrogens is 358 g/mol. The molecule has 0 amide bonds. The summed E-state index contributed by atoms with van der Waals surface area (Å²) in [4.78, 5) is 0.267. The summed E-state index contributed by atoms with van der Waals surface area (Å²) in [7, 11) is -1.77. The van der Waals surface area contributed by atoms with Gasteiger partial charge in [-0.1, -0.05) is 17.7 Å². The molecule has 1 aliphatic rings. The Hall–Kier alpha value is -2.62. The second-order valence-electron chi connectivity index (χ2n) is 7.20. The summed E-state index contributed by atoms with van der Waals surface area (Å²) in [6.45, 7) is 2.83. The van der Waals surface area contributed by atoms with Crippen molar-refractivity contribution in [1.82, 2.24) is 9.29 Å². The van der Waals surface area contributed by atoms with Gasteiger partial charge in [-0.05, 0) is 74.7 Å². The van der Waals surface area contributed by atoms with Crippen LogP contribution in [0.2, 0.25) is 0 Å². The van der Waals surface area contributed by atoms with Crippen molar-refractivity contribution >= 4 is 20.9 Å². The number of aromatic nitrogens is 1. The van der Waals surface area contributed by atoms with Gasteiger partial charge < -0.3 is 5.32 Å². The molecule has 0 saturated heterocycles. The predicted octanol–water partition coefficient (Wildman–Crippen LogP) is 3.38. The summed E-state index contributed by atoms with van der Waals surface area (Å²) in [6.07, 6.45) is 2.78. The van der Waals surface area contributed by atoms with Crippen LogP contribution in [0.15, 0.2) is 53.6 Å². The summed E-state index contributed by atoms with van der Waals surface area (Å²) in [5, 5.41) is 13.3. The fraction of sp³-hybridized carbons (Fsp3) is 0.286. The van der Waals surface area contributed by atoms with Crippen LogP contribution >= 0.6 is 0 Å². The minimum absolute atomic E-state index is 0.267. The van der Waals surface area contributed by atoms with Gasteiger partial charge in [0.2, 0.25) is 0 Å². The average Bonchev–Trinajstić information content (AvgIpc) is 3.31. The van der Waals surface area contributed by atoms with E-state index in [9.17, 15) is 13.7 Å². The maximum Gasteiger partial charge on any atom is 0.268 e. The van der Waals surface area contributed by atoms with Crippen LogP contribution in [-0.2, 0) is 10.0 Å². The SMILES string of the molecule is CNC[C@@H]1C[C@H]1c1cn(S(=O)(=O)c2ccc(C)cc2)c2ccc(C#N)cc12. The van der Waals surface area contributed by atoms with Crippen molar-refractivity contribution in [1.29, 1.82) is 5.26 Å². The molecule has 0 spiro atoms. The molecule has 1 fully saturated rings. The Morgan fingerprint density at radius 2 is 1.96 bits per heavy atom. The van der Waals surface area contributed by atoms with E-state index in [0.717, 1.165) is 29.5 Å². The van der Waals surface area contributed by atoms with Crippen molar-refractivity contribution in [3.8, 4) is 6.07 Å². The van der Waals surface area contributed by atoms with Crippen molar-refractivity contribution in [2.24, 2.45) is 5.92 Å². The van der Waals surface area contributed by atoms with Crippen LogP contribution in [0, 0.1) is 24.2 Å². The summed E-state index contributed by atoms with van der Waals surface area (Å²) in [6, 6.07) is 14.3. The molecule has 2 aromatic carbocycles. The Morgan fingerprint density at radius 3 is 2.63 bits per heavy atom. The Morgan fingerprint density at radius 1 is 1.22 bits per heavy atom. The monoisotopic (exact) mass is 379 g/mol. The van der Waals surface area contributed by atoms with E-state index in [0.29, 0.717) is 22.9 Å². The molecule has 1 N–H and O–H groups in total. The minimum Gasteiger partial charge on any atom is -0.319 e. The third-order valence-corrected chi connectivity index (χ3v) is 6.98. The first kappa shape index (κ1) is 17.8. The van der Waals surface area contributed by atoms with Gasteiger partial charge in [0.25, 0.3) is 10.0 Å². The molecule has 1 aromatic heterocycles. The van der Waals surface area contributed by atoms with Crippen molar-refractivity contribution < 1.29 is 8.42 Å². The predicted molar refractivity (Wildman–Crippen MR) is 105 cm³/mol. The van der Waals surface area contributed by atoms with Crippen LogP contribution in [0.25, 0.3) is 10.9 Å². The molecule has 4 rings (SSSR count). The Kier molecular flexibility index (Phi) is 4.29. The van der Waals surface area contributed by atoms with Crippen molar-refractivity contribution in [2.45, 2.75) is 24.2 Å². The first-order valence-corrected chi connectivity index (χ1v) is 10.4. The topological polar surface area (TPSA) is 74.9 Å². The zero-order chi connectivity index (χ0) is 19.2. The van der Waals surface area contributed by atoms with Crippen LogP contribution in [-0.4, -0.2) is 26.0 Å². The minimum atomic E-state index is -3.70. The lowest BCUT2D eigenvalue weighted by Gasteiger charge is -2.08. The van der Waals surface area contributed by atoms with Crippen LogP contribution in [0.4, 0.5) is 0 Å². The van der Waals surface area contributed by atoms with E-state index in [1.54, 1.807) is 48.7 Å². The van der Waals surface area contributed by atoms with Crippen molar-refractivity contribution in [2.75, 3.05) is 13.6 Å². The van der Waals surface area contributed by atoms with Crippen molar-refractivity contribution in [3.63, 3.8) is 0 Å². The summed E-state index contributed by atoms with van der Waals surface area (Å²) in [5.41, 5.74) is 3.19. The molecule has 5 nitrogen and oxygen atoms in total. The van der Waals surface area contributed by atoms with Gasteiger partial charge >= 0.3 is 0 Å². The van der Waals surface area contributed by atoms with E-state index in [1.807, 2.05) is 14.0 Å². The summed E-state index contributed by atoms with van der Waals surface area (Å²) < 4.78 is 27.9. The molecule has 1 saturated carbocycles. The van der Waals surface area contributed by atoms with Crippen LogP contribution in [0.1, 0.15) is 29.0 Å². The lowest BCUT2D eigenvalue weighted by atomic mass is 10.1. The quantitative estimate of drug-likeness (QED) is 0.737. The second-order valence-corrected chi connectivity index (χ2v) is 9.02. The first-order chi connectivity index (χ1) is 13.0. The number of aryl methyl sites for hydroxylation is 1. The average molecular weight is 379 g/mol. The summed E-state index contributed by atoms with van der Waals surface area (Å²) >= 11 is 0. The molecule has 3 aromatic rings. The molecule has 138 valence electrons. The number of nitrogens with zero attached hydrogens (tertiary/aromatic N) is 2. The summed E-state index contributed by atoms with van der Waals surface area (Å²) in [5.74, 6) is 0.824. The molecule has 1 aliphatic carbocycles. The van der Waals surface area contributed by atoms with Gasteiger partial charge in [-0.2, -0.15) is 5.26 Å². The van der Waals surface area contributed by atoms with Gasteiger partial charge in [-0.25, -0.2) is 12.4 Å². The number of hydrogen-bond donors (Lipinski definition) is 1. The first-order valence-electron chi connectivity index (χ1n) is 8.97. The van der Waals surface area contributed by atoms with E-state index in [4.69, 9.17) is 0 Å². The van der Waals surface area contributed by atoms with Crippen LogP contribution in [0.5, 0.6) is 0 Å². The van der Waals surface area contributed by atoms with Gasteiger partial charge in [0.15, 0.2) is 0 Å². The number of nitrogens with one attached hydrogen (secondary N) is 1. The lowest BCUT2D eigenvalue weighted by Crippen LogP contribution is -2.12. The molecule has 1 heterocycles. The second kappa shape index (κ2) is 6.52. The van der Waals surface area contributed by atoms with Gasteiger partial charge in [-0.3, -0.25) is 0 Å². The smallest absolute Gasteiger partial charge is 0.268 e. The molecule has 0 radical (unpaired) electrons. The van der Waals surface area contributed by atoms with Crippen LogP contribution < -0.4 is 5.32 Å². The molecule has 0 aliphatic heterocycles. The number of hydrogen-bond acceptors (Lipinski definition) is 4. The number of benzene rings is 2. The van der Waals surface area contributed by atoms with E-state index in [-0.39, 0.29) is 4.90 Å². The highest BCUT2D eigenvalue weighted by Crippen LogP contribution is 2.50. The highest BCUT2D eigenvalue weighted by Gasteiger charge is 2.40. The fourth-order valence-corrected chi connectivity index (χ4v) is 5.11. The molecule has 0 unspecified atom stereocenters. The number of rotatable bonds is 5. The van der Waals surface area contributed by atoms with E-state index in [2.05, 4.69) is 11.4 Å². The molecule has 6 heteroatoms. The molecule has 27 heavy (non-hydrogen) atoms. The Labute approximate surface area is 159 Å². The molecule has 0 bridgehead atoms. The van der Waals surface area contributed by atoms with Gasteiger partial charge in [-0.15, -0.1) is 0 Å². The van der Waals surface area contributed by atoms with Gasteiger partial charge in [0, 0.05) is 11.6 Å². The Bertz CT molecular complexity index is 1150. The normalized spacial score (nSPS) is 19.1. The zero-order valence-corrected chi connectivity index (χ0v) is 16.1. The Balaban J connectivity index is 1.89. The molecule has 2 atom stereocenters. The highest BCUT2D eigenvalue weighted by atomic mass is 32.2. The van der Waals surface area contributed by atoms with Gasteiger partial charge in [0.1, 0.15) is 0 Å². The zero-order valence-electron chi connectivity index (χ0n) is 15.3. The number of fused-ring (bicyclic) bond motifs is 1. The fourth-order valence-electron chi connectivity index (χ4n) is 3.73. The van der Waals surface area contributed by atoms with E-state index >= 15 is 0 Å². The number of nitriles is 1. The standard InChI is InChI=1S/C21H21N3O2S/c1-14-3-6-17(7-4-14)27(25,26)24-13-20(18-10-16(18)12-23-2)19-9-15(11-22)5-8-21(19)24/h3-9,13,16,18,23H,10,12H2,1-2H3/t16-,18+/m0/s1. The van der Waals surface area contributed by atoms with E-state index < -0.39 is 10.0 Å². The largest absolute Gasteiger partial charge is 0.319 e. The maximum absolute atomic E-state index is 13.3. The third-order valence-electron chi connectivity index (χ3n) is 5.30. The lowest BCUT2D eigenvalue weighted by molar-refractivity contribution is 0.589. The van der Waals surface area contributed by atoms with E-state index in [1.165, 1.54) is 3.97 Å². The third kappa shape index (κ3) is 3.03. The van der Waals surface area contributed by atoms with Gasteiger partial charge in [0.05, 0.1) is 22.0 Å². The van der Waals surface area contributed by atoms with Crippen LogP contribution in [0.3, 0.4) is 0 Å².